The number of hydrogen-bond acceptors (Lipinski definition) is 6. The van der Waals surface area contributed by atoms with Gasteiger partial charge < -0.3 is 11.1 Å². The highest BCUT2D eigenvalue weighted by molar-refractivity contribution is 7.16. The summed E-state index contributed by atoms with van der Waals surface area (Å²) in [5.41, 5.74) is 7.52. The molecular formula is C14H13N5OS. The number of pyridine rings is 1. The number of nitrogen functional groups attached to an aromatic ring is 1. The second-order valence-electron chi connectivity index (χ2n) is 4.44. The van der Waals surface area contributed by atoms with Crippen LogP contribution in [0.15, 0.2) is 36.5 Å². The zero-order valence-electron chi connectivity index (χ0n) is 11.1. The Labute approximate surface area is 125 Å². The Morgan fingerprint density at radius 2 is 2.10 bits per heavy atom. The van der Waals surface area contributed by atoms with Crippen molar-refractivity contribution in [3.8, 4) is 0 Å². The summed E-state index contributed by atoms with van der Waals surface area (Å²) in [4.78, 5) is 16.2. The van der Waals surface area contributed by atoms with E-state index in [-0.39, 0.29) is 10.9 Å². The zero-order valence-corrected chi connectivity index (χ0v) is 11.9. The number of fused-ring (bicyclic) bond motifs is 1. The lowest BCUT2D eigenvalue weighted by Crippen LogP contribution is -2.25. The Bertz CT molecular complexity index is 780. The lowest BCUT2D eigenvalue weighted by atomic mass is 10.1. The fourth-order valence-electron chi connectivity index (χ4n) is 2.08. The fourth-order valence-corrected chi connectivity index (χ4v) is 2.61. The Morgan fingerprint density at radius 1 is 1.24 bits per heavy atom. The average Bonchev–Trinajstić information content (AvgIpc) is 2.94. The number of carbonyl (C=O) groups excluding carboxylic acids is 1. The molecule has 0 aliphatic rings. The van der Waals surface area contributed by atoms with E-state index in [9.17, 15) is 4.79 Å². The lowest BCUT2D eigenvalue weighted by molar-refractivity contribution is 0.0953. The van der Waals surface area contributed by atoms with Gasteiger partial charge in [-0.25, -0.2) is 0 Å². The normalized spacial score (nSPS) is 10.7. The van der Waals surface area contributed by atoms with E-state index in [1.54, 1.807) is 6.20 Å². The van der Waals surface area contributed by atoms with Crippen LogP contribution in [0.2, 0.25) is 0 Å². The van der Waals surface area contributed by atoms with Crippen LogP contribution in [0.5, 0.6) is 0 Å². The summed E-state index contributed by atoms with van der Waals surface area (Å²) >= 11 is 1.08. The maximum Gasteiger partial charge on any atom is 0.282 e. The van der Waals surface area contributed by atoms with Gasteiger partial charge in [0.05, 0.1) is 5.52 Å². The molecule has 1 amide bonds. The summed E-state index contributed by atoms with van der Waals surface area (Å²) in [6, 6.07) is 9.97. The van der Waals surface area contributed by atoms with Gasteiger partial charge in [-0.1, -0.05) is 35.6 Å². The molecule has 3 rings (SSSR count). The Morgan fingerprint density at radius 3 is 2.90 bits per heavy atom. The molecule has 21 heavy (non-hydrogen) atoms. The van der Waals surface area contributed by atoms with E-state index in [0.717, 1.165) is 27.8 Å². The number of nitrogens with two attached hydrogens (primary N) is 1. The molecule has 0 saturated heterocycles. The van der Waals surface area contributed by atoms with Crippen molar-refractivity contribution in [2.45, 2.75) is 6.42 Å². The summed E-state index contributed by atoms with van der Waals surface area (Å²) < 4.78 is 0. The third-order valence-corrected chi connectivity index (χ3v) is 3.78. The van der Waals surface area contributed by atoms with E-state index in [1.807, 2.05) is 30.3 Å². The molecule has 0 aliphatic carbocycles. The lowest BCUT2D eigenvalue weighted by Gasteiger charge is -2.06. The summed E-state index contributed by atoms with van der Waals surface area (Å²) in [6.45, 7) is 0.508. The second kappa shape index (κ2) is 5.84. The molecule has 0 saturated carbocycles. The van der Waals surface area contributed by atoms with E-state index >= 15 is 0 Å². The number of aromatic nitrogens is 3. The van der Waals surface area contributed by atoms with Gasteiger partial charge in [0.2, 0.25) is 10.1 Å². The predicted octanol–water partition coefficient (Wildman–Crippen LogP) is 1.64. The first-order valence-corrected chi connectivity index (χ1v) is 7.25. The molecule has 3 N–H and O–H groups in total. The second-order valence-corrected chi connectivity index (χ2v) is 5.45. The maximum atomic E-state index is 11.8. The van der Waals surface area contributed by atoms with E-state index in [2.05, 4.69) is 20.5 Å². The molecule has 0 fully saturated rings. The SMILES string of the molecule is Nc1nnc(C(=O)NCCc2cccc3cccnc23)s1. The smallest absolute Gasteiger partial charge is 0.282 e. The van der Waals surface area contributed by atoms with E-state index < -0.39 is 0 Å². The summed E-state index contributed by atoms with van der Waals surface area (Å²) in [5.74, 6) is -0.252. The molecule has 0 atom stereocenters. The van der Waals surface area contributed by atoms with Gasteiger partial charge in [-0.05, 0) is 18.1 Å². The first-order valence-electron chi connectivity index (χ1n) is 6.44. The van der Waals surface area contributed by atoms with Crippen molar-refractivity contribution in [2.24, 2.45) is 0 Å². The van der Waals surface area contributed by atoms with Crippen LogP contribution in [0.4, 0.5) is 5.13 Å². The first kappa shape index (κ1) is 13.4. The highest BCUT2D eigenvalue weighted by Gasteiger charge is 2.11. The number of carbonyl (C=O) groups is 1. The predicted molar refractivity (Wildman–Crippen MR) is 82.1 cm³/mol. The van der Waals surface area contributed by atoms with E-state index in [4.69, 9.17) is 5.73 Å². The summed E-state index contributed by atoms with van der Waals surface area (Å²) in [5, 5.41) is 11.8. The van der Waals surface area contributed by atoms with E-state index in [0.29, 0.717) is 18.1 Å². The third kappa shape index (κ3) is 2.97. The Balaban J connectivity index is 1.66. The van der Waals surface area contributed by atoms with Gasteiger partial charge in [0.25, 0.3) is 5.91 Å². The maximum absolute atomic E-state index is 11.8. The van der Waals surface area contributed by atoms with Crippen molar-refractivity contribution in [2.75, 3.05) is 12.3 Å². The monoisotopic (exact) mass is 299 g/mol. The minimum Gasteiger partial charge on any atom is -0.374 e. The zero-order chi connectivity index (χ0) is 14.7. The summed E-state index contributed by atoms with van der Waals surface area (Å²) in [6.07, 6.45) is 2.48. The van der Waals surface area contributed by atoms with Crippen LogP contribution in [-0.2, 0) is 6.42 Å². The standard InChI is InChI=1S/C14H13N5OS/c15-14-19-18-13(21-14)12(20)17-8-6-10-4-1-3-9-5-2-7-16-11(9)10/h1-5,7H,6,8H2,(H2,15,19)(H,17,20). The largest absolute Gasteiger partial charge is 0.374 e. The number of amides is 1. The van der Waals surface area contributed by atoms with Crippen molar-refractivity contribution in [3.05, 3.63) is 47.1 Å². The molecule has 0 radical (unpaired) electrons. The molecule has 2 aromatic heterocycles. The van der Waals surface area contributed by atoms with Gasteiger partial charge in [-0.3, -0.25) is 9.78 Å². The summed E-state index contributed by atoms with van der Waals surface area (Å²) in [7, 11) is 0. The molecule has 6 nitrogen and oxygen atoms in total. The van der Waals surface area contributed by atoms with Gasteiger partial charge in [0, 0.05) is 18.1 Å². The Kier molecular flexibility index (Phi) is 3.74. The Hall–Kier alpha value is -2.54. The van der Waals surface area contributed by atoms with Crippen molar-refractivity contribution >= 4 is 33.3 Å². The number of rotatable bonds is 4. The van der Waals surface area contributed by atoms with Crippen LogP contribution in [0.3, 0.4) is 0 Å². The van der Waals surface area contributed by atoms with E-state index in [1.165, 1.54) is 0 Å². The molecule has 0 bridgehead atoms. The van der Waals surface area contributed by atoms with Crippen LogP contribution in [0.25, 0.3) is 10.9 Å². The van der Waals surface area contributed by atoms with Crippen molar-refractivity contribution < 1.29 is 4.79 Å². The molecule has 106 valence electrons. The highest BCUT2D eigenvalue weighted by Crippen LogP contribution is 2.16. The van der Waals surface area contributed by atoms with Crippen molar-refractivity contribution in [1.82, 2.24) is 20.5 Å². The number of nitrogens with zero attached hydrogens (tertiary/aromatic N) is 3. The van der Waals surface area contributed by atoms with Crippen LogP contribution in [-0.4, -0.2) is 27.6 Å². The molecular weight excluding hydrogens is 286 g/mol. The van der Waals surface area contributed by atoms with Crippen LogP contribution >= 0.6 is 11.3 Å². The van der Waals surface area contributed by atoms with Gasteiger partial charge in [0.1, 0.15) is 0 Å². The quantitative estimate of drug-likeness (QED) is 0.764. The molecule has 1 aromatic carbocycles. The number of benzene rings is 1. The van der Waals surface area contributed by atoms with Gasteiger partial charge in [-0.15, -0.1) is 10.2 Å². The minimum absolute atomic E-state index is 0.252. The molecule has 3 aromatic rings. The van der Waals surface area contributed by atoms with Gasteiger partial charge in [0.15, 0.2) is 0 Å². The van der Waals surface area contributed by atoms with Crippen molar-refractivity contribution in [3.63, 3.8) is 0 Å². The minimum atomic E-state index is -0.252. The first-order chi connectivity index (χ1) is 10.2. The molecule has 7 heteroatoms. The van der Waals surface area contributed by atoms with Gasteiger partial charge in [-0.2, -0.15) is 0 Å². The van der Waals surface area contributed by atoms with Crippen molar-refractivity contribution in [1.29, 1.82) is 0 Å². The fraction of sp³-hybridized carbons (Fsp3) is 0.143. The molecule has 0 spiro atoms. The average molecular weight is 299 g/mol. The highest BCUT2D eigenvalue weighted by atomic mass is 32.1. The van der Waals surface area contributed by atoms with Crippen LogP contribution in [0, 0.1) is 0 Å². The van der Waals surface area contributed by atoms with Crippen LogP contribution < -0.4 is 11.1 Å². The number of hydrogen-bond donors (Lipinski definition) is 2. The number of para-hydroxylation sites is 1. The molecule has 2 heterocycles. The number of nitrogens with one attached hydrogen (secondary N) is 1. The van der Waals surface area contributed by atoms with Gasteiger partial charge >= 0.3 is 0 Å². The number of anilines is 1. The topological polar surface area (TPSA) is 93.8 Å². The molecule has 0 unspecified atom stereocenters. The molecule has 0 aliphatic heterocycles. The third-order valence-electron chi connectivity index (χ3n) is 3.03. The van der Waals surface area contributed by atoms with Crippen LogP contribution in [0.1, 0.15) is 15.4 Å².